The molecule has 7 heteroatoms. The van der Waals surface area contributed by atoms with E-state index in [0.717, 1.165) is 23.9 Å². The predicted octanol–water partition coefficient (Wildman–Crippen LogP) is 4.14. The maximum atomic E-state index is 12.9. The van der Waals surface area contributed by atoms with Crippen LogP contribution in [0.1, 0.15) is 11.1 Å². The fourth-order valence-electron chi connectivity index (χ4n) is 2.09. The van der Waals surface area contributed by atoms with E-state index in [2.05, 4.69) is 15.0 Å². The van der Waals surface area contributed by atoms with E-state index in [1.165, 1.54) is 12.5 Å². The molecule has 0 amide bonds. The van der Waals surface area contributed by atoms with Gasteiger partial charge in [-0.3, -0.25) is 4.98 Å². The summed E-state index contributed by atoms with van der Waals surface area (Å²) in [6.45, 7) is 0.240. The van der Waals surface area contributed by atoms with Crippen molar-refractivity contribution in [1.29, 1.82) is 0 Å². The van der Waals surface area contributed by atoms with Crippen LogP contribution in [0.25, 0.3) is 11.3 Å². The number of rotatable bonds is 4. The smallest absolute Gasteiger partial charge is 0.416 e. The normalized spacial score (nSPS) is 11.3. The van der Waals surface area contributed by atoms with Crippen molar-refractivity contribution in [1.82, 2.24) is 15.0 Å². The van der Waals surface area contributed by atoms with Crippen LogP contribution in [0.15, 0.2) is 61.2 Å². The average Bonchev–Trinajstić information content (AvgIpc) is 2.60. The Bertz CT molecular complexity index is 823. The Morgan fingerprint density at radius 2 is 1.79 bits per heavy atom. The number of ether oxygens (including phenoxy) is 1. The van der Waals surface area contributed by atoms with E-state index in [0.29, 0.717) is 5.56 Å². The molecule has 2 aromatic heterocycles. The lowest BCUT2D eigenvalue weighted by Crippen LogP contribution is -2.06. The Morgan fingerprint density at radius 1 is 1.00 bits per heavy atom. The zero-order valence-electron chi connectivity index (χ0n) is 12.4. The molecule has 3 rings (SSSR count). The van der Waals surface area contributed by atoms with Crippen LogP contribution in [0.3, 0.4) is 0 Å². The monoisotopic (exact) mass is 331 g/mol. The first-order valence-electron chi connectivity index (χ1n) is 7.04. The fraction of sp³-hybridized carbons (Fsp3) is 0.118. The first-order valence-corrected chi connectivity index (χ1v) is 7.04. The molecule has 0 saturated carbocycles. The number of hydrogen-bond acceptors (Lipinski definition) is 4. The molecular weight excluding hydrogens is 319 g/mol. The minimum Gasteiger partial charge on any atom is -0.472 e. The third-order valence-electron chi connectivity index (χ3n) is 3.26. The molecule has 2 heterocycles. The maximum Gasteiger partial charge on any atom is 0.416 e. The topological polar surface area (TPSA) is 47.9 Å². The van der Waals surface area contributed by atoms with Crippen molar-refractivity contribution >= 4 is 0 Å². The Kier molecular flexibility index (Phi) is 4.41. The van der Waals surface area contributed by atoms with Gasteiger partial charge in [0.15, 0.2) is 0 Å². The van der Waals surface area contributed by atoms with Crippen molar-refractivity contribution < 1.29 is 17.9 Å². The first kappa shape index (κ1) is 15.9. The highest BCUT2D eigenvalue weighted by Crippen LogP contribution is 2.33. The number of hydrogen-bond donors (Lipinski definition) is 0. The Labute approximate surface area is 136 Å². The summed E-state index contributed by atoms with van der Waals surface area (Å²) in [4.78, 5) is 11.8. The summed E-state index contributed by atoms with van der Waals surface area (Å²) in [5.74, 6) is 0.181. The summed E-state index contributed by atoms with van der Waals surface area (Å²) in [6, 6.07) is 11.2. The van der Waals surface area contributed by atoms with E-state index >= 15 is 0 Å². The lowest BCUT2D eigenvalue weighted by molar-refractivity contribution is -0.137. The quantitative estimate of drug-likeness (QED) is 0.721. The van der Waals surface area contributed by atoms with Gasteiger partial charge in [0.25, 0.3) is 0 Å². The molecule has 0 saturated heterocycles. The molecule has 122 valence electrons. The Morgan fingerprint density at radius 3 is 2.54 bits per heavy atom. The third kappa shape index (κ3) is 3.68. The van der Waals surface area contributed by atoms with Crippen LogP contribution in [0.4, 0.5) is 13.2 Å². The zero-order valence-corrected chi connectivity index (χ0v) is 12.4. The standard InChI is InChI=1S/C17H12F3N3O/c18-17(19,20)13-6-7-22-15(8-13)14-9-21-11-23-16(14)24-10-12-4-2-1-3-5-12/h1-9,11H,10H2. The summed E-state index contributed by atoms with van der Waals surface area (Å²) < 4.78 is 44.2. The fourth-order valence-corrected chi connectivity index (χ4v) is 2.09. The average molecular weight is 331 g/mol. The lowest BCUT2D eigenvalue weighted by Gasteiger charge is -2.11. The number of aromatic nitrogens is 3. The molecule has 0 atom stereocenters. The van der Waals surface area contributed by atoms with Crippen molar-refractivity contribution in [3.8, 4) is 17.1 Å². The second-order valence-corrected chi connectivity index (χ2v) is 4.94. The van der Waals surface area contributed by atoms with Gasteiger partial charge < -0.3 is 4.74 Å². The summed E-state index contributed by atoms with van der Waals surface area (Å²) >= 11 is 0. The Balaban J connectivity index is 1.89. The van der Waals surface area contributed by atoms with Gasteiger partial charge >= 0.3 is 6.18 Å². The Hall–Kier alpha value is -2.96. The van der Waals surface area contributed by atoms with Crippen LogP contribution in [0.5, 0.6) is 5.88 Å². The van der Waals surface area contributed by atoms with Gasteiger partial charge in [0.05, 0.1) is 16.8 Å². The largest absolute Gasteiger partial charge is 0.472 e. The summed E-state index contributed by atoms with van der Waals surface area (Å²) in [5, 5.41) is 0. The molecule has 0 aliphatic rings. The predicted molar refractivity (Wildman–Crippen MR) is 81.0 cm³/mol. The molecule has 3 aromatic rings. The van der Waals surface area contributed by atoms with Crippen LogP contribution in [-0.4, -0.2) is 15.0 Å². The van der Waals surface area contributed by atoms with Crippen LogP contribution >= 0.6 is 0 Å². The van der Waals surface area contributed by atoms with Gasteiger partial charge in [-0.05, 0) is 17.7 Å². The van der Waals surface area contributed by atoms with Crippen LogP contribution in [0.2, 0.25) is 0 Å². The van der Waals surface area contributed by atoms with Gasteiger partial charge in [-0.15, -0.1) is 0 Å². The van der Waals surface area contributed by atoms with E-state index in [9.17, 15) is 13.2 Å². The van der Waals surface area contributed by atoms with Crippen molar-refractivity contribution in [3.05, 3.63) is 72.3 Å². The number of nitrogens with zero attached hydrogens (tertiary/aromatic N) is 3. The van der Waals surface area contributed by atoms with Gasteiger partial charge in [0.1, 0.15) is 12.9 Å². The van der Waals surface area contributed by atoms with Gasteiger partial charge in [0, 0.05) is 12.4 Å². The summed E-state index contributed by atoms with van der Waals surface area (Å²) in [5.41, 5.74) is 0.539. The molecule has 4 nitrogen and oxygen atoms in total. The molecule has 0 N–H and O–H groups in total. The summed E-state index contributed by atoms with van der Waals surface area (Å²) in [6.07, 6.45) is -0.683. The van der Waals surface area contributed by atoms with E-state index in [1.807, 2.05) is 30.3 Å². The number of halogens is 3. The van der Waals surface area contributed by atoms with Crippen molar-refractivity contribution in [2.24, 2.45) is 0 Å². The van der Waals surface area contributed by atoms with Gasteiger partial charge in [0.2, 0.25) is 5.88 Å². The highest BCUT2D eigenvalue weighted by Gasteiger charge is 2.31. The van der Waals surface area contributed by atoms with Crippen molar-refractivity contribution in [3.63, 3.8) is 0 Å². The van der Waals surface area contributed by atoms with E-state index in [4.69, 9.17) is 4.74 Å². The van der Waals surface area contributed by atoms with Gasteiger partial charge in [-0.25, -0.2) is 9.97 Å². The van der Waals surface area contributed by atoms with Gasteiger partial charge in [-0.2, -0.15) is 13.2 Å². The molecule has 0 fully saturated rings. The molecule has 0 aliphatic heterocycles. The van der Waals surface area contributed by atoms with Crippen molar-refractivity contribution in [2.45, 2.75) is 12.8 Å². The van der Waals surface area contributed by atoms with E-state index in [1.54, 1.807) is 0 Å². The number of alkyl halides is 3. The summed E-state index contributed by atoms with van der Waals surface area (Å²) in [7, 11) is 0. The zero-order chi connectivity index (χ0) is 17.0. The molecule has 0 unspecified atom stereocenters. The molecule has 1 aromatic carbocycles. The van der Waals surface area contributed by atoms with Gasteiger partial charge in [-0.1, -0.05) is 30.3 Å². The minimum atomic E-state index is -4.45. The lowest BCUT2D eigenvalue weighted by atomic mass is 10.1. The van der Waals surface area contributed by atoms with Crippen molar-refractivity contribution in [2.75, 3.05) is 0 Å². The van der Waals surface area contributed by atoms with E-state index < -0.39 is 11.7 Å². The maximum absolute atomic E-state index is 12.9. The number of benzene rings is 1. The molecule has 0 spiro atoms. The second kappa shape index (κ2) is 6.66. The highest BCUT2D eigenvalue weighted by atomic mass is 19.4. The van der Waals surface area contributed by atoms with Crippen LogP contribution < -0.4 is 4.74 Å². The van der Waals surface area contributed by atoms with Crippen LogP contribution in [0, 0.1) is 0 Å². The highest BCUT2D eigenvalue weighted by molar-refractivity contribution is 5.64. The molecular formula is C17H12F3N3O. The third-order valence-corrected chi connectivity index (χ3v) is 3.26. The molecule has 0 radical (unpaired) electrons. The SMILES string of the molecule is FC(F)(F)c1ccnc(-c2cncnc2OCc2ccccc2)c1. The minimum absolute atomic E-state index is 0.105. The van der Waals surface area contributed by atoms with Crippen LogP contribution in [-0.2, 0) is 12.8 Å². The molecule has 0 bridgehead atoms. The first-order chi connectivity index (χ1) is 11.5. The second-order valence-electron chi connectivity index (χ2n) is 4.94. The molecule has 24 heavy (non-hydrogen) atoms. The molecule has 0 aliphatic carbocycles. The number of pyridine rings is 1. The van der Waals surface area contributed by atoms with E-state index in [-0.39, 0.29) is 18.2 Å².